The van der Waals surface area contributed by atoms with E-state index in [9.17, 15) is 13.2 Å². The number of benzene rings is 2. The van der Waals surface area contributed by atoms with Crippen LogP contribution in [0, 0.1) is 0 Å². The number of carbonyl (C=O) groups is 1. The van der Waals surface area contributed by atoms with Crippen LogP contribution in [0.3, 0.4) is 0 Å². The van der Waals surface area contributed by atoms with Crippen molar-refractivity contribution in [3.63, 3.8) is 0 Å². The molecule has 23 heavy (non-hydrogen) atoms. The average Bonchev–Trinajstić information content (AvgIpc) is 2.53. The van der Waals surface area contributed by atoms with Gasteiger partial charge in [-0.1, -0.05) is 18.2 Å². The van der Waals surface area contributed by atoms with Gasteiger partial charge < -0.3 is 15.4 Å². The van der Waals surface area contributed by atoms with E-state index in [1.807, 2.05) is 24.3 Å². The average molecular weight is 334 g/mol. The number of amides is 2. The number of hydrogen-bond acceptors (Lipinski definition) is 4. The van der Waals surface area contributed by atoms with Crippen molar-refractivity contribution >= 4 is 21.6 Å². The van der Waals surface area contributed by atoms with Crippen LogP contribution in [0.15, 0.2) is 53.4 Å². The van der Waals surface area contributed by atoms with Gasteiger partial charge in [0.15, 0.2) is 9.84 Å². The molecule has 0 saturated heterocycles. The molecule has 0 unspecified atom stereocenters. The Kier molecular flexibility index (Phi) is 5.23. The Bertz CT molecular complexity index is 786. The number of methoxy groups -OCH3 is 1. The molecule has 0 bridgehead atoms. The summed E-state index contributed by atoms with van der Waals surface area (Å²) >= 11 is 0. The highest BCUT2D eigenvalue weighted by molar-refractivity contribution is 7.90. The Labute approximate surface area is 135 Å². The van der Waals surface area contributed by atoms with Crippen LogP contribution in [-0.4, -0.2) is 27.8 Å². The van der Waals surface area contributed by atoms with Crippen molar-refractivity contribution in [2.45, 2.75) is 11.4 Å². The van der Waals surface area contributed by atoms with Crippen LogP contribution in [0.5, 0.6) is 5.75 Å². The lowest BCUT2D eigenvalue weighted by molar-refractivity contribution is 0.251. The first-order valence-electron chi connectivity index (χ1n) is 6.86. The number of ether oxygens (including phenoxy) is 1. The summed E-state index contributed by atoms with van der Waals surface area (Å²) in [6, 6.07) is 13.0. The Balaban J connectivity index is 1.94. The smallest absolute Gasteiger partial charge is 0.319 e. The lowest BCUT2D eigenvalue weighted by Crippen LogP contribution is -2.28. The fourth-order valence-electron chi connectivity index (χ4n) is 1.91. The molecule has 7 heteroatoms. The van der Waals surface area contributed by atoms with E-state index in [0.717, 1.165) is 17.6 Å². The second-order valence-corrected chi connectivity index (χ2v) is 6.97. The standard InChI is InChI=1S/C16H18N2O4S/c1-22-14-8-6-12(7-9-14)11-17-16(19)18-13-4-3-5-15(10-13)23(2,20)21/h3-10H,11H2,1-2H3,(H2,17,18,19). The quantitative estimate of drug-likeness (QED) is 0.879. The first-order valence-corrected chi connectivity index (χ1v) is 8.75. The van der Waals surface area contributed by atoms with Crippen molar-refractivity contribution in [2.24, 2.45) is 0 Å². The summed E-state index contributed by atoms with van der Waals surface area (Å²) in [6.45, 7) is 0.349. The van der Waals surface area contributed by atoms with Crippen LogP contribution in [0.25, 0.3) is 0 Å². The summed E-state index contributed by atoms with van der Waals surface area (Å²) < 4.78 is 28.1. The molecule has 0 radical (unpaired) electrons. The van der Waals surface area contributed by atoms with E-state index < -0.39 is 15.9 Å². The number of rotatable bonds is 5. The van der Waals surface area contributed by atoms with Crippen molar-refractivity contribution < 1.29 is 17.9 Å². The molecule has 0 atom stereocenters. The molecule has 0 aliphatic carbocycles. The predicted molar refractivity (Wildman–Crippen MR) is 88.4 cm³/mol. The number of sulfone groups is 1. The van der Waals surface area contributed by atoms with Gasteiger partial charge in [-0.05, 0) is 35.9 Å². The molecule has 2 rings (SSSR count). The molecule has 0 aliphatic heterocycles. The first kappa shape index (κ1) is 16.8. The highest BCUT2D eigenvalue weighted by Gasteiger charge is 2.08. The van der Waals surface area contributed by atoms with Crippen LogP contribution in [0.4, 0.5) is 10.5 Å². The van der Waals surface area contributed by atoms with Crippen molar-refractivity contribution in [2.75, 3.05) is 18.7 Å². The minimum atomic E-state index is -3.31. The molecule has 2 aromatic rings. The van der Waals surface area contributed by atoms with Gasteiger partial charge in [-0.15, -0.1) is 0 Å². The zero-order valence-electron chi connectivity index (χ0n) is 12.9. The van der Waals surface area contributed by atoms with Crippen LogP contribution < -0.4 is 15.4 Å². The third-order valence-electron chi connectivity index (χ3n) is 3.13. The van der Waals surface area contributed by atoms with Gasteiger partial charge in [-0.25, -0.2) is 13.2 Å². The van der Waals surface area contributed by atoms with Gasteiger partial charge in [0.25, 0.3) is 0 Å². The SMILES string of the molecule is COc1ccc(CNC(=O)Nc2cccc(S(C)(=O)=O)c2)cc1. The minimum Gasteiger partial charge on any atom is -0.497 e. The molecule has 0 fully saturated rings. The topological polar surface area (TPSA) is 84.5 Å². The summed E-state index contributed by atoms with van der Waals surface area (Å²) in [5.74, 6) is 0.746. The Morgan fingerprint density at radius 3 is 2.43 bits per heavy atom. The maximum Gasteiger partial charge on any atom is 0.319 e. The normalized spacial score (nSPS) is 10.9. The maximum atomic E-state index is 11.9. The largest absolute Gasteiger partial charge is 0.497 e. The highest BCUT2D eigenvalue weighted by Crippen LogP contribution is 2.15. The van der Waals surface area contributed by atoms with Gasteiger partial charge in [0.05, 0.1) is 12.0 Å². The van der Waals surface area contributed by atoms with E-state index in [-0.39, 0.29) is 4.90 Å². The number of nitrogens with one attached hydrogen (secondary N) is 2. The van der Waals surface area contributed by atoms with Gasteiger partial charge >= 0.3 is 6.03 Å². The van der Waals surface area contributed by atoms with Crippen LogP contribution in [0.2, 0.25) is 0 Å². The molecular weight excluding hydrogens is 316 g/mol. The fraction of sp³-hybridized carbons (Fsp3) is 0.188. The van der Waals surface area contributed by atoms with Gasteiger partial charge in [-0.2, -0.15) is 0 Å². The van der Waals surface area contributed by atoms with Crippen molar-refractivity contribution in [1.82, 2.24) is 5.32 Å². The van der Waals surface area contributed by atoms with Crippen molar-refractivity contribution in [3.05, 3.63) is 54.1 Å². The Morgan fingerprint density at radius 2 is 1.83 bits per heavy atom. The lowest BCUT2D eigenvalue weighted by Gasteiger charge is -2.09. The maximum absolute atomic E-state index is 11.9. The third-order valence-corrected chi connectivity index (χ3v) is 4.24. The summed E-state index contributed by atoms with van der Waals surface area (Å²) in [7, 11) is -1.72. The first-order chi connectivity index (χ1) is 10.9. The van der Waals surface area contributed by atoms with Crippen molar-refractivity contribution in [1.29, 1.82) is 0 Å². The van der Waals surface area contributed by atoms with Crippen LogP contribution in [0.1, 0.15) is 5.56 Å². The molecule has 2 aromatic carbocycles. The summed E-state index contributed by atoms with van der Waals surface area (Å²) in [6.07, 6.45) is 1.12. The van der Waals surface area contributed by atoms with E-state index in [1.165, 1.54) is 12.1 Å². The van der Waals surface area contributed by atoms with Gasteiger partial charge in [-0.3, -0.25) is 0 Å². The highest BCUT2D eigenvalue weighted by atomic mass is 32.2. The lowest BCUT2D eigenvalue weighted by atomic mass is 10.2. The molecule has 6 nitrogen and oxygen atoms in total. The monoisotopic (exact) mass is 334 g/mol. The van der Waals surface area contributed by atoms with Crippen molar-refractivity contribution in [3.8, 4) is 5.75 Å². The summed E-state index contributed by atoms with van der Waals surface area (Å²) in [4.78, 5) is 12.0. The molecule has 0 aliphatic rings. The van der Waals surface area contributed by atoms with Crippen LogP contribution in [-0.2, 0) is 16.4 Å². The van der Waals surface area contributed by atoms with E-state index >= 15 is 0 Å². The Hall–Kier alpha value is -2.54. The summed E-state index contributed by atoms with van der Waals surface area (Å²) in [5, 5.41) is 5.31. The van der Waals surface area contributed by atoms with E-state index in [2.05, 4.69) is 10.6 Å². The van der Waals surface area contributed by atoms with Gasteiger partial charge in [0, 0.05) is 18.5 Å². The second kappa shape index (κ2) is 7.15. The van der Waals surface area contributed by atoms with E-state index in [0.29, 0.717) is 12.2 Å². The van der Waals surface area contributed by atoms with E-state index in [1.54, 1.807) is 19.2 Å². The number of anilines is 1. The minimum absolute atomic E-state index is 0.158. The molecular formula is C16H18N2O4S. The molecule has 2 amide bonds. The third kappa shape index (κ3) is 5.00. The molecule has 0 aromatic heterocycles. The molecule has 122 valence electrons. The van der Waals surface area contributed by atoms with Crippen LogP contribution >= 0.6 is 0 Å². The number of urea groups is 1. The zero-order chi connectivity index (χ0) is 16.9. The fourth-order valence-corrected chi connectivity index (χ4v) is 2.57. The molecule has 2 N–H and O–H groups in total. The number of carbonyl (C=O) groups excluding carboxylic acids is 1. The van der Waals surface area contributed by atoms with Gasteiger partial charge in [0.1, 0.15) is 5.75 Å². The molecule has 0 heterocycles. The summed E-state index contributed by atoms with van der Waals surface area (Å²) in [5.41, 5.74) is 1.34. The predicted octanol–water partition coefficient (Wildman–Crippen LogP) is 2.42. The van der Waals surface area contributed by atoms with Gasteiger partial charge in [0.2, 0.25) is 0 Å². The van der Waals surface area contributed by atoms with E-state index in [4.69, 9.17) is 4.74 Å². The Morgan fingerprint density at radius 1 is 1.13 bits per heavy atom. The number of hydrogen-bond donors (Lipinski definition) is 2. The molecule has 0 saturated carbocycles. The zero-order valence-corrected chi connectivity index (χ0v) is 13.7. The molecule has 0 spiro atoms. The second-order valence-electron chi connectivity index (χ2n) is 4.96.